The zero-order valence-electron chi connectivity index (χ0n) is 11.7. The Hall–Kier alpha value is -2.75. The van der Waals surface area contributed by atoms with E-state index in [0.29, 0.717) is 33.2 Å². The summed E-state index contributed by atoms with van der Waals surface area (Å²) in [5, 5.41) is 19.7. The number of fused-ring (bicyclic) bond motifs is 1. The molecule has 0 saturated heterocycles. The molecule has 2 N–H and O–H groups in total. The number of rotatable bonds is 1. The lowest BCUT2D eigenvalue weighted by Gasteiger charge is -2.08. The van der Waals surface area contributed by atoms with E-state index in [9.17, 15) is 15.0 Å². The summed E-state index contributed by atoms with van der Waals surface area (Å²) in [6.45, 7) is 3.57. The van der Waals surface area contributed by atoms with E-state index < -0.39 is 0 Å². The van der Waals surface area contributed by atoms with Crippen molar-refractivity contribution in [3.63, 3.8) is 0 Å². The van der Waals surface area contributed by atoms with Gasteiger partial charge < -0.3 is 14.6 Å². The lowest BCUT2D eigenvalue weighted by Crippen LogP contribution is -2.05. The number of aromatic hydroxyl groups is 2. The smallest absolute Gasteiger partial charge is 0.200 e. The highest BCUT2D eigenvalue weighted by molar-refractivity contribution is 5.82. The summed E-state index contributed by atoms with van der Waals surface area (Å²) in [7, 11) is 0. The first-order chi connectivity index (χ1) is 9.97. The fourth-order valence-electron chi connectivity index (χ4n) is 2.43. The van der Waals surface area contributed by atoms with Gasteiger partial charge in [-0.25, -0.2) is 0 Å². The molecule has 0 aliphatic rings. The van der Waals surface area contributed by atoms with E-state index in [2.05, 4.69) is 0 Å². The molecule has 4 heteroatoms. The molecule has 0 unspecified atom stereocenters. The van der Waals surface area contributed by atoms with Gasteiger partial charge in [-0.15, -0.1) is 0 Å². The number of aryl methyl sites for hydroxylation is 2. The topological polar surface area (TPSA) is 70.7 Å². The van der Waals surface area contributed by atoms with Crippen molar-refractivity contribution in [2.45, 2.75) is 13.8 Å². The first kappa shape index (κ1) is 13.2. The highest BCUT2D eigenvalue weighted by Crippen LogP contribution is 2.29. The third-order valence-electron chi connectivity index (χ3n) is 3.56. The number of phenols is 2. The van der Waals surface area contributed by atoms with Crippen LogP contribution < -0.4 is 5.43 Å². The average Bonchev–Trinajstić information content (AvgIpc) is 2.44. The fourth-order valence-corrected chi connectivity index (χ4v) is 2.43. The Labute approximate surface area is 120 Å². The van der Waals surface area contributed by atoms with Gasteiger partial charge in [-0.1, -0.05) is 0 Å². The largest absolute Gasteiger partial charge is 0.508 e. The van der Waals surface area contributed by atoms with Gasteiger partial charge in [0.25, 0.3) is 0 Å². The van der Waals surface area contributed by atoms with Crippen molar-refractivity contribution < 1.29 is 14.6 Å². The number of hydrogen-bond acceptors (Lipinski definition) is 4. The van der Waals surface area contributed by atoms with Gasteiger partial charge in [-0.3, -0.25) is 4.79 Å². The van der Waals surface area contributed by atoms with Crippen LogP contribution >= 0.6 is 0 Å². The summed E-state index contributed by atoms with van der Waals surface area (Å²) in [6.07, 6.45) is 1.38. The second kappa shape index (κ2) is 4.66. The first-order valence-corrected chi connectivity index (χ1v) is 6.52. The summed E-state index contributed by atoms with van der Waals surface area (Å²) in [5.41, 5.74) is 2.72. The van der Waals surface area contributed by atoms with Crippen LogP contribution in [0.5, 0.6) is 11.5 Å². The van der Waals surface area contributed by atoms with Gasteiger partial charge in [-0.05, 0) is 54.8 Å². The fraction of sp³-hybridized carbons (Fsp3) is 0.118. The van der Waals surface area contributed by atoms with Crippen LogP contribution in [0.3, 0.4) is 0 Å². The van der Waals surface area contributed by atoms with E-state index in [4.69, 9.17) is 4.42 Å². The minimum Gasteiger partial charge on any atom is -0.508 e. The van der Waals surface area contributed by atoms with Crippen molar-refractivity contribution in [3.05, 3.63) is 57.9 Å². The maximum absolute atomic E-state index is 12.5. The van der Waals surface area contributed by atoms with Crippen LogP contribution in [0.4, 0.5) is 0 Å². The van der Waals surface area contributed by atoms with Crippen LogP contribution in [0.2, 0.25) is 0 Å². The molecule has 3 aromatic rings. The van der Waals surface area contributed by atoms with Crippen LogP contribution in [0.15, 0.2) is 45.8 Å². The Morgan fingerprint density at radius 2 is 1.67 bits per heavy atom. The van der Waals surface area contributed by atoms with Crippen LogP contribution in [-0.4, -0.2) is 10.2 Å². The SMILES string of the molecule is Cc1cc(-c2coc3cc(O)ccc3c2=O)cc(C)c1O. The van der Waals surface area contributed by atoms with Gasteiger partial charge in [0.1, 0.15) is 23.3 Å². The summed E-state index contributed by atoms with van der Waals surface area (Å²) < 4.78 is 5.45. The molecule has 0 spiro atoms. The van der Waals surface area contributed by atoms with E-state index in [1.165, 1.54) is 18.4 Å². The molecule has 4 nitrogen and oxygen atoms in total. The second-order valence-electron chi connectivity index (χ2n) is 5.12. The van der Waals surface area contributed by atoms with E-state index in [1.807, 2.05) is 0 Å². The van der Waals surface area contributed by atoms with Crippen molar-refractivity contribution in [1.82, 2.24) is 0 Å². The molecule has 0 bridgehead atoms. The Kier molecular flexibility index (Phi) is 2.94. The zero-order chi connectivity index (χ0) is 15.1. The number of hydrogen-bond donors (Lipinski definition) is 2. The first-order valence-electron chi connectivity index (χ1n) is 6.52. The second-order valence-corrected chi connectivity index (χ2v) is 5.12. The highest BCUT2D eigenvalue weighted by atomic mass is 16.3. The molecule has 1 heterocycles. The molecule has 106 valence electrons. The van der Waals surface area contributed by atoms with Crippen molar-refractivity contribution in [2.75, 3.05) is 0 Å². The molecular weight excluding hydrogens is 268 g/mol. The number of phenolic OH excluding ortho intramolecular Hbond substituents is 2. The van der Waals surface area contributed by atoms with Crippen LogP contribution in [0.25, 0.3) is 22.1 Å². The summed E-state index contributed by atoms with van der Waals surface area (Å²) in [5.74, 6) is 0.281. The maximum atomic E-state index is 12.5. The van der Waals surface area contributed by atoms with Gasteiger partial charge in [0.2, 0.25) is 0 Å². The highest BCUT2D eigenvalue weighted by Gasteiger charge is 2.12. The third kappa shape index (κ3) is 2.14. The van der Waals surface area contributed by atoms with E-state index in [-0.39, 0.29) is 16.9 Å². The van der Waals surface area contributed by atoms with Crippen LogP contribution in [-0.2, 0) is 0 Å². The molecule has 0 amide bonds. The Bertz CT molecular complexity index is 883. The quantitative estimate of drug-likeness (QED) is 0.716. The van der Waals surface area contributed by atoms with Gasteiger partial charge in [0, 0.05) is 6.07 Å². The zero-order valence-corrected chi connectivity index (χ0v) is 11.7. The summed E-state index contributed by atoms with van der Waals surface area (Å²) in [4.78, 5) is 12.5. The van der Waals surface area contributed by atoms with Crippen LogP contribution in [0.1, 0.15) is 11.1 Å². The van der Waals surface area contributed by atoms with Crippen molar-refractivity contribution in [2.24, 2.45) is 0 Å². The predicted octanol–water partition coefficient (Wildman–Crippen LogP) is 3.49. The van der Waals surface area contributed by atoms with Gasteiger partial charge in [-0.2, -0.15) is 0 Å². The molecule has 21 heavy (non-hydrogen) atoms. The van der Waals surface area contributed by atoms with Crippen LogP contribution in [0, 0.1) is 13.8 Å². The van der Waals surface area contributed by atoms with Gasteiger partial charge >= 0.3 is 0 Å². The Balaban J connectivity index is 2.29. The molecule has 0 atom stereocenters. The monoisotopic (exact) mass is 282 g/mol. The Morgan fingerprint density at radius 3 is 2.33 bits per heavy atom. The van der Waals surface area contributed by atoms with Gasteiger partial charge in [0.05, 0.1) is 10.9 Å². The summed E-state index contributed by atoms with van der Waals surface area (Å²) >= 11 is 0. The van der Waals surface area contributed by atoms with Crippen molar-refractivity contribution in [1.29, 1.82) is 0 Å². The molecule has 0 radical (unpaired) electrons. The molecular formula is C17H14O4. The molecule has 0 aliphatic heterocycles. The lowest BCUT2D eigenvalue weighted by atomic mass is 10.00. The molecule has 1 aromatic heterocycles. The number of benzene rings is 2. The maximum Gasteiger partial charge on any atom is 0.200 e. The molecule has 0 fully saturated rings. The third-order valence-corrected chi connectivity index (χ3v) is 3.56. The standard InChI is InChI=1S/C17H14O4/c1-9-5-11(6-10(2)16(9)19)14-8-21-15-7-12(18)3-4-13(15)17(14)20/h3-8,18-19H,1-2H3. The molecule has 2 aromatic carbocycles. The average molecular weight is 282 g/mol. The predicted molar refractivity (Wildman–Crippen MR) is 80.7 cm³/mol. The summed E-state index contributed by atoms with van der Waals surface area (Å²) in [6, 6.07) is 7.91. The van der Waals surface area contributed by atoms with Crippen molar-refractivity contribution >= 4 is 11.0 Å². The molecule has 0 aliphatic carbocycles. The normalized spacial score (nSPS) is 11.0. The molecule has 3 rings (SSSR count). The molecule has 0 saturated carbocycles. The van der Waals surface area contributed by atoms with E-state index >= 15 is 0 Å². The Morgan fingerprint density at radius 1 is 1.00 bits per heavy atom. The van der Waals surface area contributed by atoms with Gasteiger partial charge in [0.15, 0.2) is 5.43 Å². The lowest BCUT2D eigenvalue weighted by molar-refractivity contribution is 0.467. The van der Waals surface area contributed by atoms with E-state index in [0.717, 1.165) is 0 Å². The van der Waals surface area contributed by atoms with E-state index in [1.54, 1.807) is 32.0 Å². The van der Waals surface area contributed by atoms with Crippen molar-refractivity contribution in [3.8, 4) is 22.6 Å². The minimum atomic E-state index is -0.166. The minimum absolute atomic E-state index is 0.0507.